The van der Waals surface area contributed by atoms with E-state index < -0.39 is 22.8 Å². The molecule has 0 atom stereocenters. The van der Waals surface area contributed by atoms with Crippen molar-refractivity contribution in [2.24, 2.45) is 10.8 Å². The number of aryl methyl sites for hydroxylation is 1. The molecule has 1 aromatic rings. The van der Waals surface area contributed by atoms with Crippen molar-refractivity contribution in [2.45, 2.75) is 25.9 Å². The molecular formula is C12H10BrF3N2O. The van der Waals surface area contributed by atoms with Gasteiger partial charge in [-0.05, 0) is 41.8 Å². The van der Waals surface area contributed by atoms with Gasteiger partial charge in [-0.3, -0.25) is 4.79 Å². The Morgan fingerprint density at radius 3 is 2.53 bits per heavy atom. The van der Waals surface area contributed by atoms with E-state index in [9.17, 15) is 18.0 Å². The third kappa shape index (κ3) is 1.45. The number of hydrogen-bond donors (Lipinski definition) is 1. The minimum atomic E-state index is -4.31. The fraction of sp³-hybridized carbons (Fsp3) is 0.500. The normalized spacial score (nSPS) is 31.8. The Morgan fingerprint density at radius 2 is 2.05 bits per heavy atom. The second kappa shape index (κ2) is 3.31. The number of nitrogens with zero attached hydrogens (tertiary/aromatic N) is 1. The molecule has 1 heterocycles. The zero-order chi connectivity index (χ0) is 14.2. The van der Waals surface area contributed by atoms with Crippen LogP contribution in [0, 0.1) is 17.8 Å². The van der Waals surface area contributed by atoms with E-state index in [1.165, 1.54) is 6.07 Å². The molecule has 7 heteroatoms. The number of anilines is 1. The molecule has 2 fully saturated rings. The van der Waals surface area contributed by atoms with Crippen LogP contribution in [0.25, 0.3) is 0 Å². The average molecular weight is 335 g/mol. The topological polar surface area (TPSA) is 56.0 Å². The number of nitrogens with two attached hydrogens (primary N) is 1. The molecule has 1 aromatic heterocycles. The largest absolute Gasteiger partial charge is 0.395 e. The molecule has 2 aliphatic rings. The van der Waals surface area contributed by atoms with Crippen molar-refractivity contribution in [1.82, 2.24) is 4.98 Å². The second-order valence-electron chi connectivity index (χ2n) is 5.33. The summed E-state index contributed by atoms with van der Waals surface area (Å²) in [4.78, 5) is 16.2. The number of alkyl halides is 3. The SMILES string of the molecule is Cc1nc(N)c(C(=O)C23CC2(C(F)(F)F)C3)cc1Br. The predicted molar refractivity (Wildman–Crippen MR) is 65.6 cm³/mol. The number of Topliss-reactive ketones (excluding diaryl/α,β-unsaturated/α-hetero) is 1. The van der Waals surface area contributed by atoms with E-state index in [4.69, 9.17) is 5.73 Å². The van der Waals surface area contributed by atoms with Crippen LogP contribution in [-0.2, 0) is 0 Å². The van der Waals surface area contributed by atoms with Crippen molar-refractivity contribution in [3.63, 3.8) is 0 Å². The average Bonchev–Trinajstić information content (AvgIpc) is 3.07. The molecule has 2 aliphatic carbocycles. The van der Waals surface area contributed by atoms with E-state index >= 15 is 0 Å². The number of halogens is 4. The highest BCUT2D eigenvalue weighted by molar-refractivity contribution is 9.10. The van der Waals surface area contributed by atoms with Crippen LogP contribution >= 0.6 is 15.9 Å². The Morgan fingerprint density at radius 1 is 1.47 bits per heavy atom. The van der Waals surface area contributed by atoms with Crippen LogP contribution in [0.1, 0.15) is 28.9 Å². The maximum atomic E-state index is 12.8. The Bertz CT molecular complexity index is 606. The van der Waals surface area contributed by atoms with E-state index in [1.807, 2.05) is 0 Å². The van der Waals surface area contributed by atoms with Gasteiger partial charge >= 0.3 is 6.18 Å². The smallest absolute Gasteiger partial charge is 0.383 e. The molecule has 3 nitrogen and oxygen atoms in total. The lowest BCUT2D eigenvalue weighted by Crippen LogP contribution is -2.17. The van der Waals surface area contributed by atoms with Crippen molar-refractivity contribution >= 4 is 27.5 Å². The molecule has 0 aliphatic heterocycles. The lowest BCUT2D eigenvalue weighted by atomic mass is 10.0. The molecule has 102 valence electrons. The summed E-state index contributed by atoms with van der Waals surface area (Å²) in [5.74, 6) is -0.537. The fourth-order valence-electron chi connectivity index (χ4n) is 2.78. The number of nitrogen functional groups attached to an aromatic ring is 1. The molecule has 2 N–H and O–H groups in total. The van der Waals surface area contributed by atoms with Gasteiger partial charge in [-0.1, -0.05) is 0 Å². The lowest BCUT2D eigenvalue weighted by molar-refractivity contribution is -0.168. The number of carbonyl (C=O) groups excluding carboxylic acids is 1. The fourth-order valence-corrected chi connectivity index (χ4v) is 3.10. The summed E-state index contributed by atoms with van der Waals surface area (Å²) >= 11 is 3.21. The summed E-state index contributed by atoms with van der Waals surface area (Å²) in [6.45, 7) is 1.70. The van der Waals surface area contributed by atoms with Gasteiger partial charge < -0.3 is 5.73 Å². The monoisotopic (exact) mass is 334 g/mol. The summed E-state index contributed by atoms with van der Waals surface area (Å²) < 4.78 is 39.0. The summed E-state index contributed by atoms with van der Waals surface area (Å²) in [6.07, 6.45) is -4.55. The zero-order valence-corrected chi connectivity index (χ0v) is 11.5. The number of pyridine rings is 1. The first-order valence-electron chi connectivity index (χ1n) is 5.69. The van der Waals surface area contributed by atoms with E-state index in [0.29, 0.717) is 10.2 Å². The van der Waals surface area contributed by atoms with E-state index in [2.05, 4.69) is 20.9 Å². The molecule has 19 heavy (non-hydrogen) atoms. The number of rotatable bonds is 2. The molecule has 0 radical (unpaired) electrons. The van der Waals surface area contributed by atoms with Gasteiger partial charge in [0.15, 0.2) is 5.78 Å². The van der Waals surface area contributed by atoms with Gasteiger partial charge in [0.2, 0.25) is 0 Å². The Kier molecular flexibility index (Phi) is 2.25. The highest BCUT2D eigenvalue weighted by Gasteiger charge is 2.96. The quantitative estimate of drug-likeness (QED) is 0.844. The standard InChI is InChI=1S/C12H10BrF3N2O/c1-5-7(13)2-6(9(17)18-5)8(19)10-3-11(10,4-10)12(14,15)16/h2H,3-4H2,1H3,(H2,17,18). The van der Waals surface area contributed by atoms with Crippen LogP contribution in [0.4, 0.5) is 19.0 Å². The molecule has 0 saturated heterocycles. The van der Waals surface area contributed by atoms with Gasteiger partial charge in [0.25, 0.3) is 0 Å². The van der Waals surface area contributed by atoms with Gasteiger partial charge in [0, 0.05) is 9.89 Å². The molecule has 3 rings (SSSR count). The van der Waals surface area contributed by atoms with Gasteiger partial charge in [-0.15, -0.1) is 0 Å². The number of aromatic nitrogens is 1. The van der Waals surface area contributed by atoms with Crippen LogP contribution in [0.2, 0.25) is 0 Å². The summed E-state index contributed by atoms with van der Waals surface area (Å²) in [7, 11) is 0. The molecule has 0 aromatic carbocycles. The highest BCUT2D eigenvalue weighted by Crippen LogP contribution is 2.91. The first-order valence-corrected chi connectivity index (χ1v) is 6.48. The van der Waals surface area contributed by atoms with Crippen LogP contribution < -0.4 is 5.73 Å². The number of fused-ring (bicyclic) bond motifs is 1. The van der Waals surface area contributed by atoms with Crippen molar-refractivity contribution in [2.75, 3.05) is 5.73 Å². The van der Waals surface area contributed by atoms with Crippen LogP contribution in [0.15, 0.2) is 10.5 Å². The maximum Gasteiger partial charge on any atom is 0.395 e. The Balaban J connectivity index is 1.95. The first-order chi connectivity index (χ1) is 8.65. The minimum Gasteiger partial charge on any atom is -0.383 e. The molecule has 2 saturated carbocycles. The molecule has 0 unspecified atom stereocenters. The van der Waals surface area contributed by atoms with Gasteiger partial charge in [0.1, 0.15) is 5.82 Å². The lowest BCUT2D eigenvalue weighted by Gasteiger charge is -2.08. The first kappa shape index (κ1) is 12.9. The van der Waals surface area contributed by atoms with Gasteiger partial charge in [-0.2, -0.15) is 13.2 Å². The van der Waals surface area contributed by atoms with Crippen LogP contribution in [0.5, 0.6) is 0 Å². The van der Waals surface area contributed by atoms with E-state index in [-0.39, 0.29) is 24.2 Å². The van der Waals surface area contributed by atoms with Crippen LogP contribution in [0.3, 0.4) is 0 Å². The predicted octanol–water partition coefficient (Wildman–Crippen LogP) is 3.26. The number of carbonyl (C=O) groups is 1. The highest BCUT2D eigenvalue weighted by atomic mass is 79.9. The summed E-state index contributed by atoms with van der Waals surface area (Å²) in [6, 6.07) is 1.46. The second-order valence-corrected chi connectivity index (χ2v) is 6.19. The summed E-state index contributed by atoms with van der Waals surface area (Å²) in [5.41, 5.74) is 3.28. The number of ketones is 1. The van der Waals surface area contributed by atoms with Gasteiger partial charge in [0.05, 0.1) is 16.7 Å². The van der Waals surface area contributed by atoms with Crippen molar-refractivity contribution < 1.29 is 18.0 Å². The molecule has 0 spiro atoms. The summed E-state index contributed by atoms with van der Waals surface area (Å²) in [5, 5.41) is 0. The third-order valence-electron chi connectivity index (χ3n) is 4.28. The minimum absolute atomic E-state index is 0.00468. The number of hydrogen-bond acceptors (Lipinski definition) is 3. The van der Waals surface area contributed by atoms with Crippen molar-refractivity contribution in [3.8, 4) is 0 Å². The van der Waals surface area contributed by atoms with E-state index in [0.717, 1.165) is 0 Å². The molecule has 0 amide bonds. The third-order valence-corrected chi connectivity index (χ3v) is 5.08. The maximum absolute atomic E-state index is 12.8. The zero-order valence-electron chi connectivity index (χ0n) is 9.94. The van der Waals surface area contributed by atoms with Gasteiger partial charge in [-0.25, -0.2) is 4.98 Å². The molecule has 0 bridgehead atoms. The molecular weight excluding hydrogens is 325 g/mol. The Labute approximate surface area is 115 Å². The van der Waals surface area contributed by atoms with Crippen molar-refractivity contribution in [3.05, 3.63) is 21.8 Å². The van der Waals surface area contributed by atoms with E-state index in [1.54, 1.807) is 6.92 Å². The Hall–Kier alpha value is -1.11. The van der Waals surface area contributed by atoms with Crippen molar-refractivity contribution in [1.29, 1.82) is 0 Å². The van der Waals surface area contributed by atoms with Crippen LogP contribution in [-0.4, -0.2) is 16.9 Å².